The van der Waals surface area contributed by atoms with Crippen LogP contribution in [0.5, 0.6) is 11.5 Å². The van der Waals surface area contributed by atoms with E-state index in [1.54, 1.807) is 19.2 Å². The van der Waals surface area contributed by atoms with E-state index in [2.05, 4.69) is 10.6 Å². The van der Waals surface area contributed by atoms with Crippen molar-refractivity contribution in [2.75, 3.05) is 32.3 Å². The first kappa shape index (κ1) is 11.5. The van der Waals surface area contributed by atoms with Gasteiger partial charge in [0.15, 0.2) is 11.5 Å². The van der Waals surface area contributed by atoms with Crippen molar-refractivity contribution in [1.82, 2.24) is 5.32 Å². The third kappa shape index (κ3) is 2.26. The molecule has 3 N–H and O–H groups in total. The lowest BCUT2D eigenvalue weighted by molar-refractivity contribution is 0.0945. The molecule has 0 spiro atoms. The van der Waals surface area contributed by atoms with Crippen molar-refractivity contribution in [3.63, 3.8) is 0 Å². The molecule has 0 bridgehead atoms. The van der Waals surface area contributed by atoms with Gasteiger partial charge in [0, 0.05) is 19.7 Å². The second-order valence-electron chi connectivity index (χ2n) is 3.48. The topological polar surface area (TPSA) is 79.8 Å². The van der Waals surface area contributed by atoms with Gasteiger partial charge in [-0.25, -0.2) is 0 Å². The molecule has 1 heterocycles. The van der Waals surface area contributed by atoms with Crippen LogP contribution in [0.3, 0.4) is 0 Å². The van der Waals surface area contributed by atoms with E-state index in [1.165, 1.54) is 0 Å². The maximum Gasteiger partial charge on any atom is 0.253 e. The van der Waals surface area contributed by atoms with Crippen molar-refractivity contribution in [3.8, 4) is 11.5 Å². The molecular weight excluding hydrogens is 224 g/mol. The average molecular weight is 238 g/mol. The van der Waals surface area contributed by atoms with Crippen molar-refractivity contribution in [2.45, 2.75) is 0 Å². The predicted octanol–water partition coefficient (Wildman–Crippen LogP) is 0.179. The summed E-state index contributed by atoms with van der Waals surface area (Å²) in [4.78, 5) is 11.8. The Labute approximate surface area is 98.5 Å². The minimum absolute atomic E-state index is 0.0921. The van der Waals surface area contributed by atoms with E-state index < -0.39 is 0 Å². The van der Waals surface area contributed by atoms with Crippen LogP contribution in [0.1, 0.15) is 10.4 Å². The number of carbonyl (C=O) groups is 1. The van der Waals surface area contributed by atoms with E-state index >= 15 is 0 Å². The second-order valence-corrected chi connectivity index (χ2v) is 3.48. The van der Waals surface area contributed by atoms with Crippen LogP contribution >= 0.6 is 0 Å². The first-order chi connectivity index (χ1) is 8.26. The van der Waals surface area contributed by atoms with E-state index in [0.717, 1.165) is 0 Å². The highest BCUT2D eigenvalue weighted by Crippen LogP contribution is 2.36. The lowest BCUT2D eigenvalue weighted by Crippen LogP contribution is -2.27. The Morgan fingerprint density at radius 3 is 2.76 bits per heavy atom. The largest absolute Gasteiger partial charge is 0.454 e. The van der Waals surface area contributed by atoms with Gasteiger partial charge in [0.1, 0.15) is 0 Å². The maximum absolute atomic E-state index is 11.8. The SMILES string of the molecule is CNc1cc2c(cc1C(=O)NCCO)OCO2. The zero-order chi connectivity index (χ0) is 12.3. The molecule has 0 unspecified atom stereocenters. The lowest BCUT2D eigenvalue weighted by atomic mass is 10.1. The fraction of sp³-hybridized carbons (Fsp3) is 0.364. The highest BCUT2D eigenvalue weighted by atomic mass is 16.7. The molecule has 0 aliphatic carbocycles. The molecule has 6 heteroatoms. The van der Waals surface area contributed by atoms with Gasteiger partial charge in [0.25, 0.3) is 5.91 Å². The highest BCUT2D eigenvalue weighted by Gasteiger charge is 2.20. The van der Waals surface area contributed by atoms with Crippen LogP contribution in [-0.2, 0) is 0 Å². The van der Waals surface area contributed by atoms with Crippen LogP contribution in [0.4, 0.5) is 5.69 Å². The monoisotopic (exact) mass is 238 g/mol. The molecule has 0 atom stereocenters. The van der Waals surface area contributed by atoms with Crippen LogP contribution < -0.4 is 20.1 Å². The molecule has 17 heavy (non-hydrogen) atoms. The predicted molar refractivity (Wildman–Crippen MR) is 61.5 cm³/mol. The van der Waals surface area contributed by atoms with Crippen LogP contribution in [-0.4, -0.2) is 38.0 Å². The molecule has 0 radical (unpaired) electrons. The van der Waals surface area contributed by atoms with E-state index in [4.69, 9.17) is 14.6 Å². The number of rotatable bonds is 4. The van der Waals surface area contributed by atoms with Crippen LogP contribution in [0, 0.1) is 0 Å². The summed E-state index contributed by atoms with van der Waals surface area (Å²) in [5.74, 6) is 0.910. The summed E-state index contributed by atoms with van der Waals surface area (Å²) in [6.07, 6.45) is 0. The van der Waals surface area contributed by atoms with Gasteiger partial charge in [-0.05, 0) is 6.07 Å². The Morgan fingerprint density at radius 2 is 2.12 bits per heavy atom. The highest BCUT2D eigenvalue weighted by molar-refractivity contribution is 6.00. The molecule has 1 aliphatic rings. The Kier molecular flexibility index (Phi) is 3.34. The number of fused-ring (bicyclic) bond motifs is 1. The summed E-state index contributed by atoms with van der Waals surface area (Å²) >= 11 is 0. The number of amides is 1. The fourth-order valence-electron chi connectivity index (χ4n) is 1.60. The number of hydrogen-bond acceptors (Lipinski definition) is 5. The maximum atomic E-state index is 11.8. The summed E-state index contributed by atoms with van der Waals surface area (Å²) in [5, 5.41) is 14.2. The number of carbonyl (C=O) groups excluding carboxylic acids is 1. The van der Waals surface area contributed by atoms with Gasteiger partial charge in [-0.3, -0.25) is 4.79 Å². The fourth-order valence-corrected chi connectivity index (χ4v) is 1.60. The van der Waals surface area contributed by atoms with Crippen molar-refractivity contribution >= 4 is 11.6 Å². The number of nitrogens with one attached hydrogen (secondary N) is 2. The molecule has 0 aromatic heterocycles. The Balaban J connectivity index is 2.29. The Bertz CT molecular complexity index is 434. The molecule has 1 amide bonds. The van der Waals surface area contributed by atoms with E-state index in [1.807, 2.05) is 0 Å². The summed E-state index contributed by atoms with van der Waals surface area (Å²) < 4.78 is 10.4. The summed E-state index contributed by atoms with van der Waals surface area (Å²) in [6, 6.07) is 3.34. The van der Waals surface area contributed by atoms with Crippen molar-refractivity contribution in [1.29, 1.82) is 0 Å². The molecule has 0 fully saturated rings. The van der Waals surface area contributed by atoms with Gasteiger partial charge in [-0.15, -0.1) is 0 Å². The van der Waals surface area contributed by atoms with Crippen LogP contribution in [0.15, 0.2) is 12.1 Å². The molecule has 0 saturated carbocycles. The average Bonchev–Trinajstić information content (AvgIpc) is 2.81. The van der Waals surface area contributed by atoms with Gasteiger partial charge in [0.2, 0.25) is 6.79 Å². The van der Waals surface area contributed by atoms with E-state index in [9.17, 15) is 4.79 Å². The third-order valence-electron chi connectivity index (χ3n) is 2.42. The molecule has 2 rings (SSSR count). The second kappa shape index (κ2) is 4.92. The lowest BCUT2D eigenvalue weighted by Gasteiger charge is -2.10. The molecule has 6 nitrogen and oxygen atoms in total. The standard InChI is InChI=1S/C11H14N2O4/c1-12-8-5-10-9(16-6-17-10)4-7(8)11(15)13-2-3-14/h4-5,12,14H,2-3,6H2,1H3,(H,13,15). The number of aliphatic hydroxyl groups excluding tert-OH is 1. The number of ether oxygens (including phenoxy) is 2. The number of hydrogen-bond donors (Lipinski definition) is 3. The van der Waals surface area contributed by atoms with Gasteiger partial charge in [0.05, 0.1) is 17.9 Å². The minimum Gasteiger partial charge on any atom is -0.454 e. The van der Waals surface area contributed by atoms with Crippen LogP contribution in [0.2, 0.25) is 0 Å². The minimum atomic E-state index is -0.262. The Hall–Kier alpha value is -1.95. The summed E-state index contributed by atoms with van der Waals surface area (Å²) in [6.45, 7) is 0.293. The van der Waals surface area contributed by atoms with Gasteiger partial charge in [-0.1, -0.05) is 0 Å². The zero-order valence-corrected chi connectivity index (χ0v) is 9.45. The first-order valence-corrected chi connectivity index (χ1v) is 5.26. The third-order valence-corrected chi connectivity index (χ3v) is 2.42. The van der Waals surface area contributed by atoms with Gasteiger partial charge < -0.3 is 25.2 Å². The van der Waals surface area contributed by atoms with Crippen LogP contribution in [0.25, 0.3) is 0 Å². The molecule has 1 aromatic rings. The molecule has 1 aliphatic heterocycles. The van der Waals surface area contributed by atoms with E-state index in [0.29, 0.717) is 22.7 Å². The molecule has 92 valence electrons. The van der Waals surface area contributed by atoms with Crippen molar-refractivity contribution in [2.24, 2.45) is 0 Å². The van der Waals surface area contributed by atoms with E-state index in [-0.39, 0.29) is 25.9 Å². The smallest absolute Gasteiger partial charge is 0.253 e. The number of anilines is 1. The quantitative estimate of drug-likeness (QED) is 0.697. The van der Waals surface area contributed by atoms with Crippen molar-refractivity contribution < 1.29 is 19.4 Å². The molecule has 1 aromatic carbocycles. The molecule has 0 saturated heterocycles. The van der Waals surface area contributed by atoms with Gasteiger partial charge >= 0.3 is 0 Å². The summed E-state index contributed by atoms with van der Waals surface area (Å²) in [7, 11) is 1.72. The zero-order valence-electron chi connectivity index (χ0n) is 9.45. The first-order valence-electron chi connectivity index (χ1n) is 5.26. The van der Waals surface area contributed by atoms with Crippen molar-refractivity contribution in [3.05, 3.63) is 17.7 Å². The number of aliphatic hydroxyl groups is 1. The number of benzene rings is 1. The summed E-state index contributed by atoms with van der Waals surface area (Å²) in [5.41, 5.74) is 1.12. The molecular formula is C11H14N2O4. The normalized spacial score (nSPS) is 12.4. The Morgan fingerprint density at radius 1 is 1.41 bits per heavy atom. The van der Waals surface area contributed by atoms with Gasteiger partial charge in [-0.2, -0.15) is 0 Å².